The number of amides is 4. The van der Waals surface area contributed by atoms with Crippen LogP contribution in [0.5, 0.6) is 0 Å². The van der Waals surface area contributed by atoms with Crippen molar-refractivity contribution in [2.45, 2.75) is 77.3 Å². The average molecular weight is 649 g/mol. The third-order valence-electron chi connectivity index (χ3n) is 9.28. The third kappa shape index (κ3) is 6.58. The number of anilines is 3. The van der Waals surface area contributed by atoms with Crippen LogP contribution >= 0.6 is 11.5 Å². The number of carbonyl (C=O) groups excluding carboxylic acids is 2. The largest absolute Gasteiger partial charge is 0.324 e. The molecule has 2 aromatic carbocycles. The number of rotatable bonds is 6. The maximum atomic E-state index is 13.4. The summed E-state index contributed by atoms with van der Waals surface area (Å²) in [5.74, 6) is 1.64. The Labute approximate surface area is 278 Å². The van der Waals surface area contributed by atoms with Crippen LogP contribution in [0, 0.1) is 12.8 Å². The van der Waals surface area contributed by atoms with Gasteiger partial charge in [-0.3, -0.25) is 10.6 Å². The van der Waals surface area contributed by atoms with Gasteiger partial charge in [-0.1, -0.05) is 50.6 Å². The standard InChI is InChI=1S/C36H40N8O2S/c1-22-8-10-26(11-9-22)44-32(20-31(42-44)36(2,3)4)40-34(45)39-25-7-5-6-23(17-25)16-24-18-27-12-13-28(19-24)43(27)35(46)41-33-29-21-38-47-30(29)14-15-37-33/h5-11,14-15,17,20-21,24,27-28H,12-13,16,18-19H2,1-4H3,(H,37,41,46)(H2,39,40,45). The van der Waals surface area contributed by atoms with Gasteiger partial charge in [-0.05, 0) is 92.4 Å². The van der Waals surface area contributed by atoms with Crippen molar-refractivity contribution in [3.8, 4) is 5.69 Å². The topological polar surface area (TPSA) is 117 Å². The van der Waals surface area contributed by atoms with E-state index in [0.717, 1.165) is 64.8 Å². The van der Waals surface area contributed by atoms with E-state index in [0.29, 0.717) is 17.6 Å². The molecule has 47 heavy (non-hydrogen) atoms. The Morgan fingerprint density at radius 3 is 2.47 bits per heavy atom. The molecule has 2 fully saturated rings. The van der Waals surface area contributed by atoms with Crippen LogP contribution in [0.15, 0.2) is 73.1 Å². The lowest BCUT2D eigenvalue weighted by atomic mass is 9.86. The number of carbonyl (C=O) groups is 2. The van der Waals surface area contributed by atoms with Crippen LogP contribution in [0.25, 0.3) is 15.8 Å². The lowest BCUT2D eigenvalue weighted by Crippen LogP contribution is -2.48. The van der Waals surface area contributed by atoms with E-state index in [9.17, 15) is 9.59 Å². The molecule has 0 saturated carbocycles. The lowest BCUT2D eigenvalue weighted by Gasteiger charge is -2.39. The van der Waals surface area contributed by atoms with Crippen LogP contribution in [0.4, 0.5) is 26.9 Å². The normalized spacial score (nSPS) is 19.1. The van der Waals surface area contributed by atoms with E-state index in [1.807, 2.05) is 60.4 Å². The summed E-state index contributed by atoms with van der Waals surface area (Å²) in [7, 11) is 0. The first-order valence-electron chi connectivity index (χ1n) is 16.2. The summed E-state index contributed by atoms with van der Waals surface area (Å²) in [6, 6.07) is 20.0. The zero-order chi connectivity index (χ0) is 32.7. The van der Waals surface area contributed by atoms with Crippen LogP contribution in [-0.4, -0.2) is 48.2 Å². The predicted molar refractivity (Wildman–Crippen MR) is 188 cm³/mol. The van der Waals surface area contributed by atoms with Crippen molar-refractivity contribution in [3.63, 3.8) is 0 Å². The summed E-state index contributed by atoms with van der Waals surface area (Å²) in [4.78, 5) is 33.1. The summed E-state index contributed by atoms with van der Waals surface area (Å²) in [6.07, 6.45) is 8.33. The fraction of sp³-hybridized carbons (Fsp3) is 0.361. The molecule has 242 valence electrons. The number of hydrogen-bond donors (Lipinski definition) is 3. The van der Waals surface area contributed by atoms with Crippen molar-refractivity contribution in [1.82, 2.24) is 24.0 Å². The zero-order valence-electron chi connectivity index (χ0n) is 27.2. The Kier molecular flexibility index (Phi) is 8.17. The average Bonchev–Trinajstić information content (AvgIpc) is 3.74. The van der Waals surface area contributed by atoms with Crippen LogP contribution in [0.3, 0.4) is 0 Å². The van der Waals surface area contributed by atoms with Crippen molar-refractivity contribution in [3.05, 3.63) is 89.9 Å². The second kappa shape index (κ2) is 12.4. The predicted octanol–water partition coefficient (Wildman–Crippen LogP) is 8.14. The van der Waals surface area contributed by atoms with Crippen molar-refractivity contribution < 1.29 is 9.59 Å². The summed E-state index contributed by atoms with van der Waals surface area (Å²) >= 11 is 1.40. The minimum absolute atomic E-state index is 0.0716. The molecular formula is C36H40N8O2S. The Balaban J connectivity index is 0.988. The van der Waals surface area contributed by atoms with E-state index in [1.54, 1.807) is 17.1 Å². The Morgan fingerprint density at radius 1 is 0.957 bits per heavy atom. The minimum Gasteiger partial charge on any atom is -0.319 e. The first-order chi connectivity index (χ1) is 22.6. The van der Waals surface area contributed by atoms with E-state index < -0.39 is 0 Å². The number of pyridine rings is 1. The minimum atomic E-state index is -0.323. The number of aromatic nitrogens is 4. The van der Waals surface area contributed by atoms with Gasteiger partial charge in [-0.25, -0.2) is 19.3 Å². The summed E-state index contributed by atoms with van der Waals surface area (Å²) in [5.41, 5.74) is 4.67. The molecule has 0 radical (unpaired) electrons. The SMILES string of the molecule is Cc1ccc(-n2nc(C(C)(C)C)cc2NC(=O)Nc2cccc(CC3CC4CCC(C3)N4C(=O)Nc3nccc4sncc34)c2)cc1. The fourth-order valence-corrected chi connectivity index (χ4v) is 7.60. The highest BCUT2D eigenvalue weighted by molar-refractivity contribution is 7.13. The number of nitrogens with one attached hydrogen (secondary N) is 3. The fourth-order valence-electron chi connectivity index (χ4n) is 6.96. The molecule has 2 aliphatic rings. The van der Waals surface area contributed by atoms with E-state index in [4.69, 9.17) is 5.10 Å². The Bertz CT molecular complexity index is 1910. The van der Waals surface area contributed by atoms with Gasteiger partial charge in [0.1, 0.15) is 11.6 Å². The molecule has 2 unspecified atom stereocenters. The molecule has 2 saturated heterocycles. The molecular weight excluding hydrogens is 609 g/mol. The quantitative estimate of drug-likeness (QED) is 0.172. The zero-order valence-corrected chi connectivity index (χ0v) is 28.0. The van der Waals surface area contributed by atoms with Crippen molar-refractivity contribution in [2.75, 3.05) is 16.0 Å². The van der Waals surface area contributed by atoms with Crippen LogP contribution < -0.4 is 16.0 Å². The van der Waals surface area contributed by atoms with Crippen molar-refractivity contribution in [1.29, 1.82) is 0 Å². The van der Waals surface area contributed by atoms with Crippen LogP contribution in [-0.2, 0) is 11.8 Å². The van der Waals surface area contributed by atoms with Gasteiger partial charge in [0, 0.05) is 35.4 Å². The number of nitrogens with zero attached hydrogens (tertiary/aromatic N) is 5. The molecule has 2 atom stereocenters. The van der Waals surface area contributed by atoms with E-state index in [2.05, 4.69) is 58.2 Å². The molecule has 4 amide bonds. The highest BCUT2D eigenvalue weighted by Crippen LogP contribution is 2.40. The number of aryl methyl sites for hydroxylation is 1. The van der Waals surface area contributed by atoms with Gasteiger partial charge in [-0.15, -0.1) is 0 Å². The van der Waals surface area contributed by atoms with Gasteiger partial charge in [0.15, 0.2) is 0 Å². The van der Waals surface area contributed by atoms with Gasteiger partial charge in [0.05, 0.1) is 27.7 Å². The smallest absolute Gasteiger partial charge is 0.319 e. The maximum absolute atomic E-state index is 13.4. The second-order valence-corrected chi connectivity index (χ2v) is 14.7. The highest BCUT2D eigenvalue weighted by Gasteiger charge is 2.43. The highest BCUT2D eigenvalue weighted by atomic mass is 32.1. The molecule has 7 rings (SSSR count). The molecule has 5 heterocycles. The van der Waals surface area contributed by atoms with Crippen LogP contribution in [0.1, 0.15) is 63.3 Å². The number of hydrogen-bond acceptors (Lipinski definition) is 6. The number of urea groups is 2. The summed E-state index contributed by atoms with van der Waals surface area (Å²) in [6.45, 7) is 8.37. The molecule has 3 N–H and O–H groups in total. The second-order valence-electron chi connectivity index (χ2n) is 13.9. The molecule has 2 aliphatic heterocycles. The molecule has 5 aromatic rings. The molecule has 0 spiro atoms. The summed E-state index contributed by atoms with van der Waals surface area (Å²) < 4.78 is 7.04. The Hall–Kier alpha value is -4.77. The molecule has 11 heteroatoms. The molecule has 2 bridgehead atoms. The maximum Gasteiger partial charge on any atom is 0.324 e. The number of piperidine rings is 1. The van der Waals surface area contributed by atoms with Gasteiger partial charge >= 0.3 is 12.1 Å². The van der Waals surface area contributed by atoms with Gasteiger partial charge < -0.3 is 10.2 Å². The molecule has 3 aromatic heterocycles. The first kappa shape index (κ1) is 30.9. The van der Waals surface area contributed by atoms with E-state index >= 15 is 0 Å². The van der Waals surface area contributed by atoms with E-state index in [-0.39, 0.29) is 29.6 Å². The van der Waals surface area contributed by atoms with Crippen molar-refractivity contribution in [2.24, 2.45) is 5.92 Å². The third-order valence-corrected chi connectivity index (χ3v) is 10.0. The molecule has 0 aliphatic carbocycles. The summed E-state index contributed by atoms with van der Waals surface area (Å²) in [5, 5.41) is 14.8. The first-order valence-corrected chi connectivity index (χ1v) is 17.0. The number of benzene rings is 2. The van der Waals surface area contributed by atoms with Crippen LogP contribution in [0.2, 0.25) is 0 Å². The Morgan fingerprint density at radius 2 is 1.72 bits per heavy atom. The monoisotopic (exact) mass is 648 g/mol. The van der Waals surface area contributed by atoms with Gasteiger partial charge in [-0.2, -0.15) is 9.47 Å². The van der Waals surface area contributed by atoms with E-state index in [1.165, 1.54) is 17.1 Å². The number of fused-ring (bicyclic) bond motifs is 3. The lowest BCUT2D eigenvalue weighted by molar-refractivity contribution is 0.131. The van der Waals surface area contributed by atoms with Gasteiger partial charge in [0.2, 0.25) is 0 Å². The molecule has 10 nitrogen and oxygen atoms in total. The van der Waals surface area contributed by atoms with Gasteiger partial charge in [0.25, 0.3) is 0 Å². The van der Waals surface area contributed by atoms with Crippen molar-refractivity contribution >= 4 is 51.0 Å².